The Morgan fingerprint density at radius 2 is 1.73 bits per heavy atom. The van der Waals surface area contributed by atoms with Crippen LogP contribution in [0.25, 0.3) is 0 Å². The number of nitrogens with one attached hydrogen (secondary N) is 1. The topological polar surface area (TPSA) is 44.7 Å². The molecule has 1 aliphatic heterocycles. The summed E-state index contributed by atoms with van der Waals surface area (Å²) in [6, 6.07) is 19.1. The summed E-state index contributed by atoms with van der Waals surface area (Å²) in [5, 5.41) is 3.99. The van der Waals surface area contributed by atoms with Gasteiger partial charge in [0.1, 0.15) is 0 Å². The van der Waals surface area contributed by atoms with Crippen LogP contribution in [0.3, 0.4) is 0 Å². The van der Waals surface area contributed by atoms with Gasteiger partial charge in [-0.2, -0.15) is 4.99 Å². The van der Waals surface area contributed by atoms with Crippen molar-refractivity contribution in [1.82, 2.24) is 0 Å². The van der Waals surface area contributed by atoms with Crippen molar-refractivity contribution >= 4 is 51.5 Å². The summed E-state index contributed by atoms with van der Waals surface area (Å²) < 4.78 is 0. The molecule has 110 valence electrons. The third-order valence-electron chi connectivity index (χ3n) is 3.00. The molecule has 2 aromatic carbocycles. The maximum atomic E-state index is 12.1. The van der Waals surface area contributed by atoms with Crippen molar-refractivity contribution in [2.75, 3.05) is 16.0 Å². The van der Waals surface area contributed by atoms with Crippen molar-refractivity contribution < 1.29 is 4.79 Å². The summed E-state index contributed by atoms with van der Waals surface area (Å²) in [5.74, 6) is 0.388. The maximum Gasteiger partial charge on any atom is 0.243 e. The standard InChI is InChI=1S/C16H13N3OS2/c20-14-11-22-16(19(14)13-9-5-2-6-10-13)18-15(21)17-12-7-3-1-4-8-12/h1-10H,11H2,(H,17,21). The number of carbonyl (C=O) groups excluding carboxylic acids is 1. The van der Waals surface area contributed by atoms with Crippen molar-refractivity contribution in [2.45, 2.75) is 0 Å². The first-order valence-corrected chi connectivity index (χ1v) is 8.09. The normalized spacial score (nSPS) is 16.1. The van der Waals surface area contributed by atoms with Gasteiger partial charge >= 0.3 is 0 Å². The van der Waals surface area contributed by atoms with Crippen LogP contribution in [0.15, 0.2) is 65.7 Å². The predicted octanol–water partition coefficient (Wildman–Crippen LogP) is 3.52. The molecule has 1 heterocycles. The fourth-order valence-corrected chi connectivity index (χ4v) is 3.17. The van der Waals surface area contributed by atoms with Gasteiger partial charge in [0.05, 0.1) is 11.4 Å². The summed E-state index contributed by atoms with van der Waals surface area (Å²) in [7, 11) is 0. The van der Waals surface area contributed by atoms with Crippen molar-refractivity contribution in [1.29, 1.82) is 0 Å². The number of hydrogen-bond acceptors (Lipinski definition) is 3. The molecule has 1 saturated heterocycles. The van der Waals surface area contributed by atoms with E-state index in [0.717, 1.165) is 11.4 Å². The van der Waals surface area contributed by atoms with Crippen LogP contribution >= 0.6 is 24.0 Å². The van der Waals surface area contributed by atoms with Gasteiger partial charge in [-0.1, -0.05) is 48.2 Å². The Bertz CT molecular complexity index is 717. The lowest BCUT2D eigenvalue weighted by Gasteiger charge is -2.16. The minimum Gasteiger partial charge on any atom is -0.331 e. The van der Waals surface area contributed by atoms with Gasteiger partial charge in [0.15, 0.2) is 10.3 Å². The Balaban J connectivity index is 1.80. The number of para-hydroxylation sites is 2. The van der Waals surface area contributed by atoms with E-state index in [4.69, 9.17) is 12.2 Å². The van der Waals surface area contributed by atoms with E-state index >= 15 is 0 Å². The molecule has 1 N–H and O–H groups in total. The van der Waals surface area contributed by atoms with Gasteiger partial charge < -0.3 is 5.32 Å². The fraction of sp³-hybridized carbons (Fsp3) is 0.0625. The second-order valence-corrected chi connectivity index (χ2v) is 5.87. The number of rotatable bonds is 2. The zero-order valence-electron chi connectivity index (χ0n) is 11.6. The number of carbonyl (C=O) groups is 1. The zero-order valence-corrected chi connectivity index (χ0v) is 13.2. The fourth-order valence-electron chi connectivity index (χ4n) is 2.04. The molecule has 0 unspecified atom stereocenters. The number of aliphatic imine (C=N–C) groups is 1. The van der Waals surface area contributed by atoms with E-state index in [0.29, 0.717) is 16.0 Å². The van der Waals surface area contributed by atoms with Crippen LogP contribution in [0.4, 0.5) is 11.4 Å². The number of hydrogen-bond donors (Lipinski definition) is 1. The summed E-state index contributed by atoms with van der Waals surface area (Å²) in [6.45, 7) is 0. The van der Waals surface area contributed by atoms with Gasteiger partial charge in [0, 0.05) is 5.69 Å². The highest BCUT2D eigenvalue weighted by Gasteiger charge is 2.29. The minimum atomic E-state index is 0.0115. The SMILES string of the molecule is O=C1CSC(=NC(=S)Nc2ccccc2)N1c1ccccc1. The summed E-state index contributed by atoms with van der Waals surface area (Å²) in [5.41, 5.74) is 1.68. The minimum absolute atomic E-state index is 0.0115. The number of thioether (sulfide) groups is 1. The van der Waals surface area contributed by atoms with Gasteiger partial charge in [0.25, 0.3) is 0 Å². The highest BCUT2D eigenvalue weighted by atomic mass is 32.2. The second-order valence-electron chi connectivity index (χ2n) is 4.54. The Kier molecular flexibility index (Phi) is 4.50. The van der Waals surface area contributed by atoms with Crippen molar-refractivity contribution in [3.05, 3.63) is 60.7 Å². The van der Waals surface area contributed by atoms with Crippen molar-refractivity contribution in [3.63, 3.8) is 0 Å². The predicted molar refractivity (Wildman–Crippen MR) is 96.5 cm³/mol. The molecule has 1 amide bonds. The quantitative estimate of drug-likeness (QED) is 0.857. The molecule has 0 aliphatic carbocycles. The molecule has 0 spiro atoms. The van der Waals surface area contributed by atoms with Crippen LogP contribution < -0.4 is 10.2 Å². The third kappa shape index (κ3) is 3.35. The van der Waals surface area contributed by atoms with E-state index in [1.165, 1.54) is 11.8 Å². The van der Waals surface area contributed by atoms with E-state index in [1.807, 2.05) is 60.7 Å². The van der Waals surface area contributed by atoms with Gasteiger partial charge in [0.2, 0.25) is 5.91 Å². The molecule has 0 radical (unpaired) electrons. The molecule has 0 bridgehead atoms. The number of thiocarbonyl (C=S) groups is 1. The molecule has 2 aromatic rings. The average molecular weight is 327 g/mol. The number of amidine groups is 1. The van der Waals surface area contributed by atoms with E-state index in [2.05, 4.69) is 10.3 Å². The molecule has 4 nitrogen and oxygen atoms in total. The highest BCUT2D eigenvalue weighted by Crippen LogP contribution is 2.26. The Morgan fingerprint density at radius 3 is 2.41 bits per heavy atom. The number of benzene rings is 2. The van der Waals surface area contributed by atoms with Crippen molar-refractivity contribution in [3.8, 4) is 0 Å². The second kappa shape index (κ2) is 6.72. The van der Waals surface area contributed by atoms with E-state index < -0.39 is 0 Å². The van der Waals surface area contributed by atoms with Crippen LogP contribution in [0, 0.1) is 0 Å². The molecule has 1 aliphatic rings. The monoisotopic (exact) mass is 327 g/mol. The Labute approximate surface area is 138 Å². The lowest BCUT2D eigenvalue weighted by Crippen LogP contribution is -2.30. The molecular weight excluding hydrogens is 314 g/mol. The summed E-state index contributed by atoms with van der Waals surface area (Å²) >= 11 is 6.66. The molecule has 3 rings (SSSR count). The van der Waals surface area contributed by atoms with E-state index in [-0.39, 0.29) is 5.91 Å². The Morgan fingerprint density at radius 1 is 1.09 bits per heavy atom. The van der Waals surface area contributed by atoms with Crippen LogP contribution in [0.1, 0.15) is 0 Å². The van der Waals surface area contributed by atoms with Crippen LogP contribution in [0.5, 0.6) is 0 Å². The van der Waals surface area contributed by atoms with E-state index in [1.54, 1.807) is 4.90 Å². The van der Waals surface area contributed by atoms with Crippen LogP contribution in [-0.2, 0) is 4.79 Å². The molecular formula is C16H13N3OS2. The lowest BCUT2D eigenvalue weighted by atomic mass is 10.3. The van der Waals surface area contributed by atoms with Crippen molar-refractivity contribution in [2.24, 2.45) is 4.99 Å². The van der Waals surface area contributed by atoms with Crippen LogP contribution in [0.2, 0.25) is 0 Å². The average Bonchev–Trinajstić information content (AvgIpc) is 2.89. The maximum absolute atomic E-state index is 12.1. The van der Waals surface area contributed by atoms with E-state index in [9.17, 15) is 4.79 Å². The first-order chi connectivity index (χ1) is 10.7. The van der Waals surface area contributed by atoms with Crippen LogP contribution in [-0.4, -0.2) is 21.9 Å². The summed E-state index contributed by atoms with van der Waals surface area (Å²) in [6.07, 6.45) is 0. The Hall–Kier alpha value is -2.18. The molecule has 1 fully saturated rings. The smallest absolute Gasteiger partial charge is 0.243 e. The third-order valence-corrected chi connectivity index (χ3v) is 4.12. The van der Waals surface area contributed by atoms with Gasteiger partial charge in [-0.3, -0.25) is 9.69 Å². The van der Waals surface area contributed by atoms with Gasteiger partial charge in [-0.25, -0.2) is 0 Å². The number of anilines is 2. The molecule has 0 aromatic heterocycles. The molecule has 6 heteroatoms. The number of nitrogens with zero attached hydrogens (tertiary/aromatic N) is 2. The number of amides is 1. The molecule has 0 saturated carbocycles. The first kappa shape index (κ1) is 14.7. The largest absolute Gasteiger partial charge is 0.331 e. The molecule has 0 atom stereocenters. The molecule has 22 heavy (non-hydrogen) atoms. The lowest BCUT2D eigenvalue weighted by molar-refractivity contribution is -0.115. The highest BCUT2D eigenvalue weighted by molar-refractivity contribution is 8.15. The zero-order chi connectivity index (χ0) is 15.4. The van der Waals surface area contributed by atoms with Gasteiger partial charge in [-0.15, -0.1) is 0 Å². The summed E-state index contributed by atoms with van der Waals surface area (Å²) in [4.78, 5) is 18.1. The van der Waals surface area contributed by atoms with Gasteiger partial charge in [-0.05, 0) is 36.5 Å². The first-order valence-electron chi connectivity index (χ1n) is 6.69.